The number of aromatic hydroxyl groups is 1. The smallest absolute Gasteiger partial charge is 0.181 e. The lowest BCUT2D eigenvalue weighted by Gasteiger charge is -2.04. The molecule has 0 saturated heterocycles. The lowest BCUT2D eigenvalue weighted by molar-refractivity contribution is 0.478. The van der Waals surface area contributed by atoms with Crippen molar-refractivity contribution in [3.8, 4) is 5.75 Å². The number of nitrogens with one attached hydrogen (secondary N) is 1. The minimum atomic E-state index is 0.103. The molecule has 19 heavy (non-hydrogen) atoms. The van der Waals surface area contributed by atoms with Gasteiger partial charge in [0.25, 0.3) is 0 Å². The Morgan fingerprint density at radius 1 is 1.26 bits per heavy atom. The third kappa shape index (κ3) is 2.32. The molecule has 3 rings (SSSR count). The fourth-order valence-electron chi connectivity index (χ4n) is 1.70. The van der Waals surface area contributed by atoms with Crippen molar-refractivity contribution in [3.63, 3.8) is 0 Å². The number of nitrogens with two attached hydrogens (primary N) is 1. The summed E-state index contributed by atoms with van der Waals surface area (Å²) in [6.07, 6.45) is 3.10. The third-order valence-electron chi connectivity index (χ3n) is 2.66. The Kier molecular flexibility index (Phi) is 2.96. The lowest BCUT2D eigenvalue weighted by Crippen LogP contribution is -1.90. The van der Waals surface area contributed by atoms with Gasteiger partial charge in [-0.15, -0.1) is 0 Å². The molecule has 0 amide bonds. The van der Waals surface area contributed by atoms with Gasteiger partial charge in [-0.25, -0.2) is 15.0 Å². The average molecular weight is 273 g/mol. The van der Waals surface area contributed by atoms with Crippen LogP contribution in [0, 0.1) is 0 Å². The Hall–Kier alpha value is -2.28. The van der Waals surface area contributed by atoms with Gasteiger partial charge in [-0.05, 0) is 17.7 Å². The van der Waals surface area contributed by atoms with Crippen LogP contribution in [0.5, 0.6) is 5.75 Å². The second-order valence-electron chi connectivity index (χ2n) is 3.96. The van der Waals surface area contributed by atoms with Crippen molar-refractivity contribution >= 4 is 28.6 Å². The predicted octanol–water partition coefficient (Wildman–Crippen LogP) is 1.93. The number of H-pyrrole nitrogens is 1. The molecule has 0 unspecified atom stereocenters. The Bertz CT molecular complexity index is 727. The fourth-order valence-corrected chi connectivity index (χ4v) is 2.60. The molecule has 2 aromatic heterocycles. The van der Waals surface area contributed by atoms with E-state index in [4.69, 9.17) is 5.73 Å². The molecule has 0 aliphatic heterocycles. The maximum absolute atomic E-state index is 9.38. The van der Waals surface area contributed by atoms with Gasteiger partial charge in [-0.3, -0.25) is 0 Å². The summed E-state index contributed by atoms with van der Waals surface area (Å²) in [5, 5.41) is 10.2. The van der Waals surface area contributed by atoms with Crippen LogP contribution in [-0.4, -0.2) is 25.0 Å². The summed E-state index contributed by atoms with van der Waals surface area (Å²) in [6.45, 7) is 0. The molecule has 2 heterocycles. The van der Waals surface area contributed by atoms with E-state index in [1.54, 1.807) is 30.2 Å². The molecule has 0 radical (unpaired) electrons. The Morgan fingerprint density at radius 3 is 3.00 bits per heavy atom. The number of anilines is 1. The molecule has 7 heteroatoms. The van der Waals surface area contributed by atoms with Crippen molar-refractivity contribution in [1.82, 2.24) is 19.9 Å². The van der Waals surface area contributed by atoms with Crippen LogP contribution in [0.2, 0.25) is 0 Å². The monoisotopic (exact) mass is 273 g/mol. The summed E-state index contributed by atoms with van der Waals surface area (Å²) in [5.41, 5.74) is 8.55. The standard InChI is InChI=1S/C12H11N5OS/c13-8-3-7(1-2-9(8)18)4-19-12-10-11(15-5-14-10)16-6-17-12/h1-3,5-6,18H,4,13H2,(H,14,15,16,17). The first-order valence-corrected chi connectivity index (χ1v) is 6.57. The van der Waals surface area contributed by atoms with Gasteiger partial charge in [-0.1, -0.05) is 17.8 Å². The predicted molar refractivity (Wildman–Crippen MR) is 73.8 cm³/mol. The van der Waals surface area contributed by atoms with E-state index in [0.29, 0.717) is 17.1 Å². The molecule has 3 aromatic rings. The molecule has 0 atom stereocenters. The van der Waals surface area contributed by atoms with Gasteiger partial charge in [0.05, 0.1) is 12.0 Å². The SMILES string of the molecule is Nc1cc(CSc2ncnc3nc[nH]c23)ccc1O. The fraction of sp³-hybridized carbons (Fsp3) is 0.0833. The van der Waals surface area contributed by atoms with E-state index in [0.717, 1.165) is 16.1 Å². The topological polar surface area (TPSA) is 101 Å². The summed E-state index contributed by atoms with van der Waals surface area (Å²) in [4.78, 5) is 15.4. The summed E-state index contributed by atoms with van der Waals surface area (Å²) in [7, 11) is 0. The zero-order chi connectivity index (χ0) is 13.2. The van der Waals surface area contributed by atoms with Crippen LogP contribution in [-0.2, 0) is 5.75 Å². The van der Waals surface area contributed by atoms with E-state index in [2.05, 4.69) is 19.9 Å². The summed E-state index contributed by atoms with van der Waals surface area (Å²) >= 11 is 1.56. The minimum absolute atomic E-state index is 0.103. The molecule has 1 aromatic carbocycles. The number of thioether (sulfide) groups is 1. The van der Waals surface area contributed by atoms with E-state index >= 15 is 0 Å². The number of hydrogen-bond acceptors (Lipinski definition) is 6. The number of rotatable bonds is 3. The lowest BCUT2D eigenvalue weighted by atomic mass is 10.2. The Morgan fingerprint density at radius 2 is 2.16 bits per heavy atom. The minimum Gasteiger partial charge on any atom is -0.506 e. The quantitative estimate of drug-likeness (QED) is 0.292. The van der Waals surface area contributed by atoms with Crippen LogP contribution in [0.15, 0.2) is 35.9 Å². The first-order chi connectivity index (χ1) is 9.24. The number of nitrogen functional groups attached to an aromatic ring is 1. The van der Waals surface area contributed by atoms with Crippen LogP contribution < -0.4 is 5.73 Å². The molecule has 0 saturated carbocycles. The zero-order valence-electron chi connectivity index (χ0n) is 9.87. The summed E-state index contributed by atoms with van der Waals surface area (Å²) < 4.78 is 0. The summed E-state index contributed by atoms with van der Waals surface area (Å²) in [6, 6.07) is 5.19. The second-order valence-corrected chi connectivity index (χ2v) is 4.93. The third-order valence-corrected chi connectivity index (χ3v) is 3.72. The molecule has 6 nitrogen and oxygen atoms in total. The zero-order valence-corrected chi connectivity index (χ0v) is 10.7. The van der Waals surface area contributed by atoms with E-state index in [9.17, 15) is 5.11 Å². The van der Waals surface area contributed by atoms with Gasteiger partial charge in [0, 0.05) is 5.75 Å². The number of nitrogens with zero attached hydrogens (tertiary/aromatic N) is 3. The number of aromatic nitrogens is 4. The highest BCUT2D eigenvalue weighted by Crippen LogP contribution is 2.28. The number of aromatic amines is 1. The molecule has 4 N–H and O–H groups in total. The Labute approximate surface area is 113 Å². The van der Waals surface area contributed by atoms with Gasteiger partial charge in [0.2, 0.25) is 0 Å². The average Bonchev–Trinajstić information content (AvgIpc) is 2.89. The first kappa shape index (κ1) is 11.8. The molecule has 0 spiro atoms. The second kappa shape index (κ2) is 4.77. The van der Waals surface area contributed by atoms with Gasteiger partial charge in [0.1, 0.15) is 22.6 Å². The van der Waals surface area contributed by atoms with Crippen molar-refractivity contribution in [3.05, 3.63) is 36.4 Å². The van der Waals surface area contributed by atoms with Crippen molar-refractivity contribution < 1.29 is 5.11 Å². The highest BCUT2D eigenvalue weighted by Gasteiger charge is 2.07. The van der Waals surface area contributed by atoms with E-state index < -0.39 is 0 Å². The number of fused-ring (bicyclic) bond motifs is 1. The number of benzene rings is 1. The maximum atomic E-state index is 9.38. The number of imidazole rings is 1. The van der Waals surface area contributed by atoms with Crippen molar-refractivity contribution in [2.75, 3.05) is 5.73 Å². The maximum Gasteiger partial charge on any atom is 0.181 e. The van der Waals surface area contributed by atoms with Crippen LogP contribution in [0.1, 0.15) is 5.56 Å². The molecule has 96 valence electrons. The molecule has 0 fully saturated rings. The summed E-state index contributed by atoms with van der Waals surface area (Å²) in [5.74, 6) is 0.807. The highest BCUT2D eigenvalue weighted by molar-refractivity contribution is 7.98. The normalized spacial score (nSPS) is 10.9. The number of phenolic OH excluding ortho intramolecular Hbond substituents is 1. The van der Waals surface area contributed by atoms with Crippen molar-refractivity contribution in [2.45, 2.75) is 10.8 Å². The van der Waals surface area contributed by atoms with Gasteiger partial charge >= 0.3 is 0 Å². The van der Waals surface area contributed by atoms with Crippen LogP contribution in [0.4, 0.5) is 5.69 Å². The van der Waals surface area contributed by atoms with Crippen molar-refractivity contribution in [1.29, 1.82) is 0 Å². The van der Waals surface area contributed by atoms with Gasteiger partial charge in [-0.2, -0.15) is 0 Å². The molecule has 0 aliphatic rings. The van der Waals surface area contributed by atoms with Gasteiger partial charge in [0.15, 0.2) is 5.65 Å². The van der Waals surface area contributed by atoms with E-state index in [-0.39, 0.29) is 5.75 Å². The largest absolute Gasteiger partial charge is 0.506 e. The van der Waals surface area contributed by atoms with Crippen LogP contribution >= 0.6 is 11.8 Å². The molecular weight excluding hydrogens is 262 g/mol. The van der Waals surface area contributed by atoms with Crippen molar-refractivity contribution in [2.24, 2.45) is 0 Å². The first-order valence-electron chi connectivity index (χ1n) is 5.58. The molecule has 0 aliphatic carbocycles. The van der Waals surface area contributed by atoms with Crippen LogP contribution in [0.25, 0.3) is 11.2 Å². The van der Waals surface area contributed by atoms with E-state index in [1.165, 1.54) is 6.33 Å². The molecule has 0 bridgehead atoms. The number of phenols is 1. The number of hydrogen-bond donors (Lipinski definition) is 3. The van der Waals surface area contributed by atoms with Gasteiger partial charge < -0.3 is 15.8 Å². The highest BCUT2D eigenvalue weighted by atomic mass is 32.2. The van der Waals surface area contributed by atoms with Crippen LogP contribution in [0.3, 0.4) is 0 Å². The van der Waals surface area contributed by atoms with E-state index in [1.807, 2.05) is 6.07 Å². The molecular formula is C12H11N5OS. The Balaban J connectivity index is 1.82.